The second-order valence-electron chi connectivity index (χ2n) is 3.90. The van der Waals surface area contributed by atoms with Crippen LogP contribution in [0.15, 0.2) is 0 Å². The molecule has 1 fully saturated rings. The first-order chi connectivity index (χ1) is 7.15. The molecule has 0 unspecified atom stereocenters. The normalized spacial score (nSPS) is 18.7. The number of nitrogens with one attached hydrogen (secondary N) is 1. The number of hydrogen-bond donors (Lipinski definition) is 2. The van der Waals surface area contributed by atoms with Gasteiger partial charge in [0.1, 0.15) is 6.04 Å². The van der Waals surface area contributed by atoms with Crippen molar-refractivity contribution in [3.05, 3.63) is 0 Å². The van der Waals surface area contributed by atoms with E-state index in [1.165, 1.54) is 7.11 Å². The summed E-state index contributed by atoms with van der Waals surface area (Å²) in [6.07, 6.45) is 3.99. The summed E-state index contributed by atoms with van der Waals surface area (Å²) in [5.74, 6) is -0.583. The zero-order valence-corrected chi connectivity index (χ0v) is 8.99. The van der Waals surface area contributed by atoms with Gasteiger partial charge >= 0.3 is 0 Å². The summed E-state index contributed by atoms with van der Waals surface area (Å²) < 4.78 is 4.81. The topological polar surface area (TPSA) is 81.4 Å². The highest BCUT2D eigenvalue weighted by molar-refractivity contribution is 5.87. The fraction of sp³-hybridized carbons (Fsp3) is 0.800. The Balaban J connectivity index is 2.42. The highest BCUT2D eigenvalue weighted by Crippen LogP contribution is 2.24. The Bertz CT molecular complexity index is 237. The van der Waals surface area contributed by atoms with Crippen molar-refractivity contribution in [3.63, 3.8) is 0 Å². The lowest BCUT2D eigenvalue weighted by Crippen LogP contribution is -2.48. The lowest BCUT2D eigenvalue weighted by atomic mass is 10.1. The third-order valence-electron chi connectivity index (χ3n) is 2.72. The molecule has 0 aromatic rings. The van der Waals surface area contributed by atoms with Gasteiger partial charge in [-0.3, -0.25) is 9.59 Å². The molecular weight excluding hydrogens is 196 g/mol. The summed E-state index contributed by atoms with van der Waals surface area (Å²) in [6.45, 7) is 0.133. The van der Waals surface area contributed by atoms with Crippen molar-refractivity contribution in [2.45, 2.75) is 31.7 Å². The molecule has 0 radical (unpaired) electrons. The maximum atomic E-state index is 11.7. The van der Waals surface area contributed by atoms with Crippen LogP contribution >= 0.6 is 0 Å². The Kier molecular flexibility index (Phi) is 4.55. The molecular formula is C10H18N2O3. The van der Waals surface area contributed by atoms with E-state index in [1.807, 2.05) is 0 Å². The standard InChI is InChI=1S/C10H18N2O3/c1-15-6-8(9(11)13)12-10(14)7-4-2-3-5-7/h7-8H,2-6H2,1H3,(H2,11,13)(H,12,14)/t8-/m0/s1. The summed E-state index contributed by atoms with van der Waals surface area (Å²) in [4.78, 5) is 22.6. The molecule has 1 atom stereocenters. The molecule has 1 aliphatic carbocycles. The summed E-state index contributed by atoms with van der Waals surface area (Å²) in [5, 5.41) is 2.62. The van der Waals surface area contributed by atoms with Gasteiger partial charge in [0, 0.05) is 13.0 Å². The molecule has 1 rings (SSSR count). The van der Waals surface area contributed by atoms with Gasteiger partial charge in [-0.25, -0.2) is 0 Å². The number of methoxy groups -OCH3 is 1. The maximum Gasteiger partial charge on any atom is 0.242 e. The molecule has 2 amide bonds. The quantitative estimate of drug-likeness (QED) is 0.664. The van der Waals surface area contributed by atoms with Crippen molar-refractivity contribution in [3.8, 4) is 0 Å². The van der Waals surface area contributed by atoms with E-state index in [2.05, 4.69) is 5.32 Å². The lowest BCUT2D eigenvalue weighted by molar-refractivity contribution is -0.130. The van der Waals surface area contributed by atoms with E-state index in [1.54, 1.807) is 0 Å². The fourth-order valence-corrected chi connectivity index (χ4v) is 1.84. The zero-order valence-electron chi connectivity index (χ0n) is 8.99. The minimum atomic E-state index is -0.705. The molecule has 3 N–H and O–H groups in total. The largest absolute Gasteiger partial charge is 0.382 e. The minimum Gasteiger partial charge on any atom is -0.382 e. The second kappa shape index (κ2) is 5.70. The molecule has 1 aliphatic rings. The van der Waals surface area contributed by atoms with Crippen LogP contribution in [-0.4, -0.2) is 31.6 Å². The van der Waals surface area contributed by atoms with Gasteiger partial charge in [0.05, 0.1) is 6.61 Å². The molecule has 0 heterocycles. The molecule has 0 spiro atoms. The predicted molar refractivity (Wildman–Crippen MR) is 55.0 cm³/mol. The molecule has 0 bridgehead atoms. The van der Waals surface area contributed by atoms with Gasteiger partial charge in [0.15, 0.2) is 0 Å². The number of primary amides is 1. The van der Waals surface area contributed by atoms with Gasteiger partial charge in [-0.2, -0.15) is 0 Å². The highest BCUT2D eigenvalue weighted by Gasteiger charge is 2.26. The molecule has 5 nitrogen and oxygen atoms in total. The SMILES string of the molecule is COC[C@H](NC(=O)C1CCCC1)C(N)=O. The van der Waals surface area contributed by atoms with Gasteiger partial charge < -0.3 is 15.8 Å². The van der Waals surface area contributed by atoms with Crippen LogP contribution in [0.1, 0.15) is 25.7 Å². The predicted octanol–water partition coefficient (Wildman–Crippen LogP) is -0.207. The number of nitrogens with two attached hydrogens (primary N) is 1. The van der Waals surface area contributed by atoms with E-state index in [-0.39, 0.29) is 18.4 Å². The minimum absolute atomic E-state index is 0.0451. The summed E-state index contributed by atoms with van der Waals surface area (Å²) in [7, 11) is 1.47. The van der Waals surface area contributed by atoms with Crippen LogP contribution in [-0.2, 0) is 14.3 Å². The van der Waals surface area contributed by atoms with Crippen LogP contribution < -0.4 is 11.1 Å². The van der Waals surface area contributed by atoms with E-state index >= 15 is 0 Å². The first kappa shape index (κ1) is 12.0. The van der Waals surface area contributed by atoms with Gasteiger partial charge in [-0.15, -0.1) is 0 Å². The number of carbonyl (C=O) groups excluding carboxylic acids is 2. The first-order valence-corrected chi connectivity index (χ1v) is 5.23. The third kappa shape index (κ3) is 3.51. The second-order valence-corrected chi connectivity index (χ2v) is 3.90. The number of hydrogen-bond acceptors (Lipinski definition) is 3. The average Bonchev–Trinajstić information content (AvgIpc) is 2.69. The summed E-state index contributed by atoms with van der Waals surface area (Å²) in [5.41, 5.74) is 5.14. The zero-order chi connectivity index (χ0) is 11.3. The number of amides is 2. The molecule has 0 aromatic heterocycles. The van der Waals surface area contributed by atoms with Crippen molar-refractivity contribution in [2.75, 3.05) is 13.7 Å². The summed E-state index contributed by atoms with van der Waals surface area (Å²) in [6, 6.07) is -0.705. The van der Waals surface area contributed by atoms with E-state index in [4.69, 9.17) is 10.5 Å². The average molecular weight is 214 g/mol. The van der Waals surface area contributed by atoms with Crippen LogP contribution in [0, 0.1) is 5.92 Å². The Morgan fingerprint density at radius 3 is 2.53 bits per heavy atom. The Morgan fingerprint density at radius 2 is 2.07 bits per heavy atom. The van der Waals surface area contributed by atoms with Crippen molar-refractivity contribution < 1.29 is 14.3 Å². The number of carbonyl (C=O) groups is 2. The summed E-state index contributed by atoms with van der Waals surface area (Å²) >= 11 is 0. The Labute approximate surface area is 89.3 Å². The van der Waals surface area contributed by atoms with Crippen LogP contribution in [0.2, 0.25) is 0 Å². The van der Waals surface area contributed by atoms with E-state index in [0.29, 0.717) is 0 Å². The monoisotopic (exact) mass is 214 g/mol. The first-order valence-electron chi connectivity index (χ1n) is 5.23. The molecule has 1 saturated carbocycles. The van der Waals surface area contributed by atoms with Crippen LogP contribution in [0.4, 0.5) is 0 Å². The van der Waals surface area contributed by atoms with Crippen molar-refractivity contribution in [1.82, 2.24) is 5.32 Å². The lowest BCUT2D eigenvalue weighted by Gasteiger charge is -2.17. The maximum absolute atomic E-state index is 11.7. The van der Waals surface area contributed by atoms with Gasteiger partial charge in [0.2, 0.25) is 11.8 Å². The third-order valence-corrected chi connectivity index (χ3v) is 2.72. The molecule has 0 aliphatic heterocycles. The van der Waals surface area contributed by atoms with E-state index < -0.39 is 11.9 Å². The van der Waals surface area contributed by atoms with Crippen molar-refractivity contribution in [2.24, 2.45) is 11.7 Å². The molecule has 86 valence electrons. The Hall–Kier alpha value is -1.10. The van der Waals surface area contributed by atoms with Gasteiger partial charge in [0.25, 0.3) is 0 Å². The smallest absolute Gasteiger partial charge is 0.242 e. The highest BCUT2D eigenvalue weighted by atomic mass is 16.5. The molecule has 0 aromatic carbocycles. The van der Waals surface area contributed by atoms with Crippen LogP contribution in [0.3, 0.4) is 0 Å². The molecule has 0 saturated heterocycles. The van der Waals surface area contributed by atoms with Gasteiger partial charge in [-0.05, 0) is 12.8 Å². The molecule has 5 heteroatoms. The molecule has 15 heavy (non-hydrogen) atoms. The number of ether oxygens (including phenoxy) is 1. The van der Waals surface area contributed by atoms with Crippen molar-refractivity contribution >= 4 is 11.8 Å². The van der Waals surface area contributed by atoms with E-state index in [9.17, 15) is 9.59 Å². The van der Waals surface area contributed by atoms with Gasteiger partial charge in [-0.1, -0.05) is 12.8 Å². The van der Waals surface area contributed by atoms with Crippen LogP contribution in [0.5, 0.6) is 0 Å². The van der Waals surface area contributed by atoms with E-state index in [0.717, 1.165) is 25.7 Å². The van der Waals surface area contributed by atoms with Crippen molar-refractivity contribution in [1.29, 1.82) is 0 Å². The fourth-order valence-electron chi connectivity index (χ4n) is 1.84. The Morgan fingerprint density at radius 1 is 1.47 bits per heavy atom. The van der Waals surface area contributed by atoms with Crippen LogP contribution in [0.25, 0.3) is 0 Å². The number of rotatable bonds is 5.